The molecule has 1 aliphatic rings. The van der Waals surface area contributed by atoms with Crippen LogP contribution in [-0.4, -0.2) is 49.2 Å². The van der Waals surface area contributed by atoms with E-state index in [4.69, 9.17) is 9.47 Å². The van der Waals surface area contributed by atoms with Gasteiger partial charge in [-0.1, -0.05) is 12.1 Å². The van der Waals surface area contributed by atoms with Gasteiger partial charge in [-0.15, -0.1) is 0 Å². The van der Waals surface area contributed by atoms with E-state index in [1.54, 1.807) is 19.2 Å². The molecule has 1 aliphatic heterocycles. The van der Waals surface area contributed by atoms with Gasteiger partial charge in [0.25, 0.3) is 0 Å². The number of carbonyl (C=O) groups excluding carboxylic acids is 2. The number of aromatic nitrogens is 1. The lowest BCUT2D eigenvalue weighted by molar-refractivity contribution is -0.129. The Balaban J connectivity index is 1.65. The van der Waals surface area contributed by atoms with Gasteiger partial charge in [0.2, 0.25) is 5.91 Å². The number of likely N-dealkylation sites (tertiary alicyclic amines) is 1. The van der Waals surface area contributed by atoms with Crippen LogP contribution < -0.4 is 4.74 Å². The molecule has 2 aromatic carbocycles. The van der Waals surface area contributed by atoms with Crippen molar-refractivity contribution in [2.24, 2.45) is 13.0 Å². The average Bonchev–Trinajstić information content (AvgIpc) is 3.26. The van der Waals surface area contributed by atoms with Crippen LogP contribution >= 0.6 is 0 Å². The van der Waals surface area contributed by atoms with Gasteiger partial charge in [-0.2, -0.15) is 0 Å². The van der Waals surface area contributed by atoms with E-state index in [-0.39, 0.29) is 17.8 Å². The SMILES string of the molecule is COC(=O)c1ccc(Cc2cn(C)c3ccc(CC4CCN(C)C4=O)cc23)c(OC)c1. The van der Waals surface area contributed by atoms with Crippen LogP contribution in [0.5, 0.6) is 5.75 Å². The van der Waals surface area contributed by atoms with E-state index >= 15 is 0 Å². The molecule has 0 saturated carbocycles. The number of methoxy groups -OCH3 is 2. The Labute approximate surface area is 182 Å². The van der Waals surface area contributed by atoms with Crippen LogP contribution in [0.1, 0.15) is 33.5 Å². The van der Waals surface area contributed by atoms with E-state index in [1.165, 1.54) is 23.6 Å². The first-order valence-electron chi connectivity index (χ1n) is 10.5. The van der Waals surface area contributed by atoms with E-state index in [2.05, 4.69) is 29.0 Å². The van der Waals surface area contributed by atoms with Gasteiger partial charge in [0.1, 0.15) is 5.75 Å². The maximum atomic E-state index is 12.3. The normalized spacial score (nSPS) is 16.2. The molecule has 1 atom stereocenters. The maximum Gasteiger partial charge on any atom is 0.337 e. The summed E-state index contributed by atoms with van der Waals surface area (Å²) in [6.45, 7) is 0.837. The molecule has 3 aromatic rings. The highest BCUT2D eigenvalue weighted by Crippen LogP contribution is 2.30. The lowest BCUT2D eigenvalue weighted by Gasteiger charge is -2.11. The number of hydrogen-bond acceptors (Lipinski definition) is 4. The first kappa shape index (κ1) is 21.0. The van der Waals surface area contributed by atoms with Crippen LogP contribution in [0.2, 0.25) is 0 Å². The highest BCUT2D eigenvalue weighted by molar-refractivity contribution is 5.90. The van der Waals surface area contributed by atoms with E-state index in [0.29, 0.717) is 17.7 Å². The molecule has 0 radical (unpaired) electrons. The minimum atomic E-state index is -0.383. The van der Waals surface area contributed by atoms with Crippen molar-refractivity contribution in [2.75, 3.05) is 27.8 Å². The van der Waals surface area contributed by atoms with Gasteiger partial charge in [-0.05, 0) is 53.8 Å². The van der Waals surface area contributed by atoms with Crippen molar-refractivity contribution in [2.45, 2.75) is 19.3 Å². The van der Waals surface area contributed by atoms with Crippen molar-refractivity contribution >= 4 is 22.8 Å². The zero-order chi connectivity index (χ0) is 22.1. The number of esters is 1. The minimum absolute atomic E-state index is 0.0700. The second-order valence-corrected chi connectivity index (χ2v) is 8.26. The molecule has 1 aromatic heterocycles. The highest BCUT2D eigenvalue weighted by Gasteiger charge is 2.29. The molecule has 6 heteroatoms. The van der Waals surface area contributed by atoms with Crippen molar-refractivity contribution in [1.82, 2.24) is 9.47 Å². The Morgan fingerprint density at radius 1 is 1.10 bits per heavy atom. The summed E-state index contributed by atoms with van der Waals surface area (Å²) in [6, 6.07) is 11.9. The van der Waals surface area contributed by atoms with Gasteiger partial charge in [-0.3, -0.25) is 4.79 Å². The molecule has 162 valence electrons. The lowest BCUT2D eigenvalue weighted by Crippen LogP contribution is -2.23. The quantitative estimate of drug-likeness (QED) is 0.572. The third-order valence-electron chi connectivity index (χ3n) is 6.25. The van der Waals surface area contributed by atoms with E-state index < -0.39 is 0 Å². The first-order valence-corrected chi connectivity index (χ1v) is 10.5. The van der Waals surface area contributed by atoms with Crippen molar-refractivity contribution in [3.8, 4) is 5.75 Å². The Bertz CT molecular complexity index is 1150. The number of fused-ring (bicyclic) bond motifs is 1. The predicted octanol–water partition coefficient (Wildman–Crippen LogP) is 3.59. The lowest BCUT2D eigenvalue weighted by atomic mass is 9.95. The van der Waals surface area contributed by atoms with Crippen LogP contribution in [0, 0.1) is 5.92 Å². The Kier molecular flexibility index (Phi) is 5.72. The van der Waals surface area contributed by atoms with Gasteiger partial charge in [0.15, 0.2) is 0 Å². The second-order valence-electron chi connectivity index (χ2n) is 8.26. The molecule has 31 heavy (non-hydrogen) atoms. The fourth-order valence-corrected chi connectivity index (χ4v) is 4.50. The molecule has 0 spiro atoms. The van der Waals surface area contributed by atoms with Crippen molar-refractivity contribution < 1.29 is 19.1 Å². The average molecular weight is 421 g/mol. The fourth-order valence-electron chi connectivity index (χ4n) is 4.50. The Hall–Kier alpha value is -3.28. The number of ether oxygens (including phenoxy) is 2. The Morgan fingerprint density at radius 2 is 1.90 bits per heavy atom. The zero-order valence-corrected chi connectivity index (χ0v) is 18.5. The summed E-state index contributed by atoms with van der Waals surface area (Å²) in [5.41, 5.74) is 4.98. The number of benzene rings is 2. The van der Waals surface area contributed by atoms with Crippen molar-refractivity contribution in [3.05, 3.63) is 64.8 Å². The largest absolute Gasteiger partial charge is 0.496 e. The van der Waals surface area contributed by atoms with Crippen LogP contribution in [0.15, 0.2) is 42.6 Å². The smallest absolute Gasteiger partial charge is 0.337 e. The first-order chi connectivity index (χ1) is 14.9. The molecule has 0 bridgehead atoms. The van der Waals surface area contributed by atoms with Gasteiger partial charge < -0.3 is 18.9 Å². The van der Waals surface area contributed by atoms with Gasteiger partial charge >= 0.3 is 5.97 Å². The number of hydrogen-bond donors (Lipinski definition) is 0. The molecule has 1 unspecified atom stereocenters. The van der Waals surface area contributed by atoms with Gasteiger partial charge in [0.05, 0.1) is 19.8 Å². The molecule has 0 N–H and O–H groups in total. The summed E-state index contributed by atoms with van der Waals surface area (Å²) in [5, 5.41) is 1.18. The predicted molar refractivity (Wildman–Crippen MR) is 120 cm³/mol. The molecule has 1 saturated heterocycles. The summed E-state index contributed by atoms with van der Waals surface area (Å²) in [6.07, 6.45) is 4.50. The number of amides is 1. The van der Waals surface area contributed by atoms with E-state index in [0.717, 1.165) is 30.5 Å². The number of aryl methyl sites for hydroxylation is 1. The van der Waals surface area contributed by atoms with Crippen molar-refractivity contribution in [1.29, 1.82) is 0 Å². The second kappa shape index (κ2) is 8.46. The molecule has 1 fully saturated rings. The summed E-state index contributed by atoms with van der Waals surface area (Å²) >= 11 is 0. The number of rotatable bonds is 6. The van der Waals surface area contributed by atoms with Crippen LogP contribution in [0.4, 0.5) is 0 Å². The van der Waals surface area contributed by atoms with Crippen LogP contribution in [0.3, 0.4) is 0 Å². The third kappa shape index (κ3) is 4.02. The topological polar surface area (TPSA) is 60.8 Å². The van der Waals surface area contributed by atoms with E-state index in [9.17, 15) is 9.59 Å². The molecule has 0 aliphatic carbocycles. The Morgan fingerprint density at radius 3 is 2.58 bits per heavy atom. The minimum Gasteiger partial charge on any atom is -0.496 e. The summed E-state index contributed by atoms with van der Waals surface area (Å²) < 4.78 is 12.5. The van der Waals surface area contributed by atoms with Crippen molar-refractivity contribution in [3.63, 3.8) is 0 Å². The van der Waals surface area contributed by atoms with Crippen LogP contribution in [0.25, 0.3) is 10.9 Å². The monoisotopic (exact) mass is 420 g/mol. The molecular formula is C25H28N2O4. The number of nitrogens with zero attached hydrogens (tertiary/aromatic N) is 2. The molecule has 1 amide bonds. The fraction of sp³-hybridized carbons (Fsp3) is 0.360. The molecule has 4 rings (SSSR count). The molecule has 2 heterocycles. The maximum absolute atomic E-state index is 12.3. The molecular weight excluding hydrogens is 392 g/mol. The highest BCUT2D eigenvalue weighted by atomic mass is 16.5. The van der Waals surface area contributed by atoms with Crippen LogP contribution in [-0.2, 0) is 29.4 Å². The number of carbonyl (C=O) groups is 2. The van der Waals surface area contributed by atoms with E-state index in [1.807, 2.05) is 25.1 Å². The summed E-state index contributed by atoms with van der Waals surface area (Å²) in [5.74, 6) is 0.590. The van der Waals surface area contributed by atoms with Gasteiger partial charge in [-0.25, -0.2) is 4.79 Å². The third-order valence-corrected chi connectivity index (χ3v) is 6.25. The molecule has 6 nitrogen and oxygen atoms in total. The zero-order valence-electron chi connectivity index (χ0n) is 18.5. The van der Waals surface area contributed by atoms with Gasteiger partial charge in [0, 0.05) is 50.1 Å². The summed E-state index contributed by atoms with van der Waals surface area (Å²) in [4.78, 5) is 26.0. The standard InChI is InChI=1S/C25H28N2O4/c1-26-10-9-18(24(26)28)11-16-5-8-22-21(12-16)20(15-27(22)2)13-17-6-7-19(25(29)31-4)14-23(17)30-3/h5-8,12,14-15,18H,9-11,13H2,1-4H3. The summed E-state index contributed by atoms with van der Waals surface area (Å²) in [7, 11) is 6.89.